The van der Waals surface area contributed by atoms with E-state index in [1.54, 1.807) is 48.5 Å². The van der Waals surface area contributed by atoms with Crippen molar-refractivity contribution in [2.75, 3.05) is 40.1 Å². The second-order valence-electron chi connectivity index (χ2n) is 9.52. The summed E-state index contributed by atoms with van der Waals surface area (Å²) in [6, 6.07) is 13.7. The highest BCUT2D eigenvalue weighted by atomic mass is 32.7. The number of benzene rings is 2. The zero-order valence-electron chi connectivity index (χ0n) is 24.2. The van der Waals surface area contributed by atoms with Gasteiger partial charge in [0.2, 0.25) is 0 Å². The van der Waals surface area contributed by atoms with Crippen molar-refractivity contribution in [3.63, 3.8) is 0 Å². The number of methoxy groups -OCH3 is 1. The fraction of sp³-hybridized carbons (Fsp3) is 0.567. The van der Waals surface area contributed by atoms with Crippen LogP contribution in [-0.2, 0) is 24.1 Å². The van der Waals surface area contributed by atoms with Crippen LogP contribution < -0.4 is 9.47 Å². The average Bonchev–Trinajstić information content (AvgIpc) is 2.99. The van der Waals surface area contributed by atoms with E-state index in [0.717, 1.165) is 35.5 Å². The lowest BCUT2D eigenvalue weighted by atomic mass is 10.1. The van der Waals surface area contributed by atoms with E-state index in [9.17, 15) is 14.5 Å². The Hall–Kier alpha value is -1.91. The summed E-state index contributed by atoms with van der Waals surface area (Å²) < 4.78 is 40.1. The maximum absolute atomic E-state index is 13.1. The second kappa shape index (κ2) is 20.9. The van der Waals surface area contributed by atoms with E-state index >= 15 is 0 Å². The number of carbonyl (C=O) groups is 1. The largest absolute Gasteiger partial charge is 0.494 e. The number of rotatable bonds is 23. The Balaban J connectivity index is 1.78. The summed E-state index contributed by atoms with van der Waals surface area (Å²) in [6.45, 7) is -1.63. The van der Waals surface area contributed by atoms with E-state index in [1.807, 2.05) is 0 Å². The summed E-state index contributed by atoms with van der Waals surface area (Å²) in [7, 11) is 1.44. The number of carbonyl (C=O) groups excluding carboxylic acids is 1. The molecular formula is C30H45O9PS. The standard InChI is InChI=1S/C30H45O9PS/c1-3-4-5-6-7-8-9-10-20-36-27-17-13-26(14-18-27)30(33)38-28-15-11-25(12-16-28)24-41-40(34,37-21-19-31)39-29(22-32)23-35-2/h11-18,29,31-32H,3-10,19-24H2,1-2H3. The van der Waals surface area contributed by atoms with E-state index in [0.29, 0.717) is 17.9 Å². The minimum absolute atomic E-state index is 0.0403. The Kier molecular flexibility index (Phi) is 18.0. The van der Waals surface area contributed by atoms with Crippen LogP contribution in [0.5, 0.6) is 11.5 Å². The number of ether oxygens (including phenoxy) is 3. The minimum atomic E-state index is -3.68. The SMILES string of the molecule is CCCCCCCCCCOc1ccc(C(=O)Oc2ccc(CSP(=O)(OCCO)OC(CO)COC)cc2)cc1. The number of hydrogen-bond acceptors (Lipinski definition) is 10. The number of aliphatic hydroxyl groups is 2. The first kappa shape index (κ1) is 35.3. The van der Waals surface area contributed by atoms with E-state index in [-0.39, 0.29) is 25.6 Å². The van der Waals surface area contributed by atoms with Gasteiger partial charge in [0.15, 0.2) is 0 Å². The molecule has 0 aliphatic rings. The van der Waals surface area contributed by atoms with Gasteiger partial charge in [0.1, 0.15) is 17.6 Å². The highest BCUT2D eigenvalue weighted by Gasteiger charge is 2.30. The molecule has 2 rings (SSSR count). The summed E-state index contributed by atoms with van der Waals surface area (Å²) in [5.41, 5.74) is 1.20. The van der Waals surface area contributed by atoms with Crippen molar-refractivity contribution in [1.29, 1.82) is 0 Å². The molecule has 0 aliphatic carbocycles. The van der Waals surface area contributed by atoms with Gasteiger partial charge in [-0.05, 0) is 59.8 Å². The molecule has 11 heteroatoms. The summed E-state index contributed by atoms with van der Waals surface area (Å²) in [5.74, 6) is 0.881. The summed E-state index contributed by atoms with van der Waals surface area (Å²) >= 11 is 0.931. The van der Waals surface area contributed by atoms with Crippen molar-refractivity contribution in [1.82, 2.24) is 0 Å². The number of unbranched alkanes of at least 4 members (excludes halogenated alkanes) is 7. The molecule has 0 aromatic heterocycles. The molecule has 0 amide bonds. The maximum atomic E-state index is 13.1. The molecule has 9 nitrogen and oxygen atoms in total. The Morgan fingerprint density at radius 3 is 2.12 bits per heavy atom. The lowest BCUT2D eigenvalue weighted by Gasteiger charge is -2.22. The van der Waals surface area contributed by atoms with Gasteiger partial charge in [0.05, 0.1) is 38.6 Å². The zero-order chi connectivity index (χ0) is 29.8. The van der Waals surface area contributed by atoms with Crippen LogP contribution in [0, 0.1) is 0 Å². The second-order valence-corrected chi connectivity index (χ2v) is 13.6. The van der Waals surface area contributed by atoms with Crippen molar-refractivity contribution >= 4 is 24.1 Å². The molecule has 0 aliphatic heterocycles. The predicted molar refractivity (Wildman–Crippen MR) is 162 cm³/mol. The lowest BCUT2D eigenvalue weighted by molar-refractivity contribution is 0.0318. The van der Waals surface area contributed by atoms with Crippen molar-refractivity contribution in [3.05, 3.63) is 59.7 Å². The Morgan fingerprint density at radius 1 is 0.878 bits per heavy atom. The van der Waals surface area contributed by atoms with Crippen molar-refractivity contribution in [2.45, 2.75) is 70.1 Å². The normalized spacial score (nSPS) is 13.5. The Morgan fingerprint density at radius 2 is 1.51 bits per heavy atom. The van der Waals surface area contributed by atoms with Crippen LogP contribution in [0.15, 0.2) is 48.5 Å². The molecule has 0 heterocycles. The number of aliphatic hydroxyl groups excluding tert-OH is 2. The summed E-state index contributed by atoms with van der Waals surface area (Å²) in [6.07, 6.45) is 9.13. The molecule has 0 saturated heterocycles. The third kappa shape index (κ3) is 14.7. The molecule has 0 spiro atoms. The molecular weight excluding hydrogens is 567 g/mol. The fourth-order valence-electron chi connectivity index (χ4n) is 3.82. The van der Waals surface area contributed by atoms with Crippen LogP contribution in [0.4, 0.5) is 0 Å². The Labute approximate surface area is 248 Å². The van der Waals surface area contributed by atoms with E-state index in [4.69, 9.17) is 28.4 Å². The minimum Gasteiger partial charge on any atom is -0.494 e. The third-order valence-electron chi connectivity index (χ3n) is 6.05. The summed E-state index contributed by atoms with van der Waals surface area (Å²) in [5, 5.41) is 18.5. The molecule has 0 fully saturated rings. The molecule has 2 atom stereocenters. The molecule has 2 unspecified atom stereocenters. The van der Waals surface area contributed by atoms with Crippen molar-refractivity contribution < 1.29 is 42.8 Å². The van der Waals surface area contributed by atoms with Crippen LogP contribution in [0.1, 0.15) is 74.2 Å². The smallest absolute Gasteiger partial charge is 0.389 e. The predicted octanol–water partition coefficient (Wildman–Crippen LogP) is 6.80. The van der Waals surface area contributed by atoms with Gasteiger partial charge in [-0.2, -0.15) is 0 Å². The fourth-order valence-corrected chi connectivity index (χ4v) is 7.23. The van der Waals surface area contributed by atoms with Crippen LogP contribution in [0.25, 0.3) is 0 Å². The van der Waals surface area contributed by atoms with Gasteiger partial charge in [-0.15, -0.1) is 0 Å². The first-order chi connectivity index (χ1) is 19.9. The van der Waals surface area contributed by atoms with Gasteiger partial charge in [-0.25, -0.2) is 9.36 Å². The van der Waals surface area contributed by atoms with Crippen molar-refractivity contribution in [2.24, 2.45) is 0 Å². The van der Waals surface area contributed by atoms with E-state index < -0.39 is 25.5 Å². The molecule has 230 valence electrons. The Bertz CT molecular complexity index is 1020. The first-order valence-electron chi connectivity index (χ1n) is 14.2. The first-order valence-corrected chi connectivity index (χ1v) is 17.4. The lowest BCUT2D eigenvalue weighted by Crippen LogP contribution is -2.22. The average molecular weight is 613 g/mol. The van der Waals surface area contributed by atoms with Crippen molar-refractivity contribution in [3.8, 4) is 11.5 Å². The molecule has 0 bridgehead atoms. The highest BCUT2D eigenvalue weighted by Crippen LogP contribution is 2.62. The van der Waals surface area contributed by atoms with Gasteiger partial charge in [0, 0.05) is 12.9 Å². The molecule has 2 N–H and O–H groups in total. The van der Waals surface area contributed by atoms with E-state index in [1.165, 1.54) is 45.6 Å². The molecule has 0 radical (unpaired) electrons. The van der Waals surface area contributed by atoms with Crippen LogP contribution in [-0.4, -0.2) is 62.4 Å². The van der Waals surface area contributed by atoms with Crippen LogP contribution in [0.2, 0.25) is 0 Å². The molecule has 2 aromatic rings. The number of esters is 1. The molecule has 0 saturated carbocycles. The molecule has 41 heavy (non-hydrogen) atoms. The highest BCUT2D eigenvalue weighted by molar-refractivity contribution is 8.54. The maximum Gasteiger partial charge on any atom is 0.389 e. The number of hydrogen-bond donors (Lipinski definition) is 2. The zero-order valence-corrected chi connectivity index (χ0v) is 25.9. The summed E-state index contributed by atoms with van der Waals surface area (Å²) in [4.78, 5) is 12.6. The van der Waals surface area contributed by atoms with Gasteiger partial charge < -0.3 is 24.4 Å². The van der Waals surface area contributed by atoms with Gasteiger partial charge in [0.25, 0.3) is 0 Å². The topological polar surface area (TPSA) is 121 Å². The van der Waals surface area contributed by atoms with Gasteiger partial charge >= 0.3 is 12.8 Å². The molecule has 2 aromatic carbocycles. The monoisotopic (exact) mass is 612 g/mol. The van der Waals surface area contributed by atoms with Gasteiger partial charge in [-0.1, -0.05) is 64.0 Å². The quantitative estimate of drug-likeness (QED) is 0.0600. The third-order valence-corrected chi connectivity index (χ3v) is 9.80. The van der Waals surface area contributed by atoms with Crippen LogP contribution in [0.3, 0.4) is 0 Å². The van der Waals surface area contributed by atoms with Crippen LogP contribution >= 0.6 is 18.2 Å². The van der Waals surface area contributed by atoms with Gasteiger partial charge in [-0.3, -0.25) is 9.05 Å². The van der Waals surface area contributed by atoms with E-state index in [2.05, 4.69) is 6.92 Å².